The maximum Gasteiger partial charge on any atom is 0.119 e. The van der Waals surface area contributed by atoms with Gasteiger partial charge in [0, 0.05) is 11.7 Å². The maximum atomic E-state index is 5.53. The number of fused-ring (bicyclic) bond motifs is 1. The van der Waals surface area contributed by atoms with Gasteiger partial charge in [-0.05, 0) is 43.1 Å². The predicted octanol–water partition coefficient (Wildman–Crippen LogP) is 1.38. The highest BCUT2D eigenvalue weighted by atomic mass is 16.5. The van der Waals surface area contributed by atoms with Crippen LogP contribution in [0.25, 0.3) is 0 Å². The number of hydrogen-bond acceptors (Lipinski definition) is 3. The highest BCUT2D eigenvalue weighted by molar-refractivity contribution is 5.59. The zero-order chi connectivity index (χ0) is 9.97. The molecule has 1 heterocycles. The normalized spacial score (nSPS) is 18.9. The van der Waals surface area contributed by atoms with Crippen LogP contribution in [0.4, 0.5) is 5.69 Å². The van der Waals surface area contributed by atoms with Crippen molar-refractivity contribution in [2.24, 2.45) is 5.73 Å². The molecule has 3 nitrogen and oxygen atoms in total. The molecule has 2 rings (SSSR count). The van der Waals surface area contributed by atoms with Crippen LogP contribution in [0.5, 0.6) is 5.75 Å². The SMILES string of the molecule is COc1ccc2c(c1)CC(CCN)N2. The molecule has 1 aliphatic rings. The van der Waals surface area contributed by atoms with Crippen molar-refractivity contribution in [2.75, 3.05) is 19.0 Å². The molecule has 0 bridgehead atoms. The lowest BCUT2D eigenvalue weighted by Crippen LogP contribution is -2.19. The lowest BCUT2D eigenvalue weighted by Gasteiger charge is -2.08. The fourth-order valence-corrected chi connectivity index (χ4v) is 1.92. The second-order valence-electron chi connectivity index (χ2n) is 3.65. The molecular formula is C11H16N2O. The van der Waals surface area contributed by atoms with Crippen LogP contribution in [0.2, 0.25) is 0 Å². The third-order valence-corrected chi connectivity index (χ3v) is 2.65. The van der Waals surface area contributed by atoms with Crippen molar-refractivity contribution in [1.29, 1.82) is 0 Å². The summed E-state index contributed by atoms with van der Waals surface area (Å²) in [5.74, 6) is 0.930. The van der Waals surface area contributed by atoms with Crippen LogP contribution < -0.4 is 15.8 Å². The minimum Gasteiger partial charge on any atom is -0.497 e. The van der Waals surface area contributed by atoms with Crippen LogP contribution in [0.15, 0.2) is 18.2 Å². The van der Waals surface area contributed by atoms with Crippen LogP contribution in [-0.2, 0) is 6.42 Å². The molecule has 3 N–H and O–H groups in total. The number of nitrogens with two attached hydrogens (primary N) is 1. The average Bonchev–Trinajstić information content (AvgIpc) is 2.59. The Morgan fingerprint density at radius 2 is 2.43 bits per heavy atom. The largest absolute Gasteiger partial charge is 0.497 e. The molecular weight excluding hydrogens is 176 g/mol. The molecule has 0 fully saturated rings. The Hall–Kier alpha value is -1.22. The van der Waals surface area contributed by atoms with E-state index >= 15 is 0 Å². The van der Waals surface area contributed by atoms with E-state index in [0.717, 1.165) is 25.1 Å². The molecule has 0 aromatic heterocycles. The molecule has 0 saturated heterocycles. The Bertz CT molecular complexity index is 325. The van der Waals surface area contributed by atoms with Gasteiger partial charge in [-0.15, -0.1) is 0 Å². The third-order valence-electron chi connectivity index (χ3n) is 2.65. The van der Waals surface area contributed by atoms with E-state index in [2.05, 4.69) is 17.4 Å². The van der Waals surface area contributed by atoms with E-state index in [-0.39, 0.29) is 0 Å². The number of anilines is 1. The van der Waals surface area contributed by atoms with Gasteiger partial charge in [0.2, 0.25) is 0 Å². The first-order chi connectivity index (χ1) is 6.83. The summed E-state index contributed by atoms with van der Waals surface area (Å²) in [7, 11) is 1.70. The van der Waals surface area contributed by atoms with Crippen molar-refractivity contribution in [2.45, 2.75) is 18.9 Å². The topological polar surface area (TPSA) is 47.3 Å². The molecule has 1 aliphatic heterocycles. The number of nitrogens with one attached hydrogen (secondary N) is 1. The van der Waals surface area contributed by atoms with Crippen LogP contribution in [0.1, 0.15) is 12.0 Å². The van der Waals surface area contributed by atoms with E-state index in [1.54, 1.807) is 7.11 Å². The van der Waals surface area contributed by atoms with Crippen LogP contribution in [0.3, 0.4) is 0 Å². The molecule has 0 radical (unpaired) electrons. The van der Waals surface area contributed by atoms with Crippen molar-refractivity contribution in [1.82, 2.24) is 0 Å². The van der Waals surface area contributed by atoms with Crippen LogP contribution in [0, 0.1) is 0 Å². The second-order valence-corrected chi connectivity index (χ2v) is 3.65. The van der Waals surface area contributed by atoms with Gasteiger partial charge < -0.3 is 15.8 Å². The van der Waals surface area contributed by atoms with E-state index < -0.39 is 0 Å². The minimum absolute atomic E-state index is 0.502. The van der Waals surface area contributed by atoms with Gasteiger partial charge in [0.1, 0.15) is 5.75 Å². The molecule has 76 valence electrons. The van der Waals surface area contributed by atoms with Crippen molar-refractivity contribution in [3.8, 4) is 5.75 Å². The van der Waals surface area contributed by atoms with Crippen LogP contribution in [-0.4, -0.2) is 19.7 Å². The highest BCUT2D eigenvalue weighted by Gasteiger charge is 2.19. The first-order valence-corrected chi connectivity index (χ1v) is 4.97. The first kappa shape index (κ1) is 9.34. The predicted molar refractivity (Wildman–Crippen MR) is 57.8 cm³/mol. The quantitative estimate of drug-likeness (QED) is 0.760. The van der Waals surface area contributed by atoms with Gasteiger partial charge >= 0.3 is 0 Å². The maximum absolute atomic E-state index is 5.53. The number of hydrogen-bond donors (Lipinski definition) is 2. The summed E-state index contributed by atoms with van der Waals surface area (Å²) in [5.41, 5.74) is 8.10. The number of ether oxygens (including phenoxy) is 1. The minimum atomic E-state index is 0.502. The van der Waals surface area contributed by atoms with Gasteiger partial charge in [0.15, 0.2) is 0 Å². The lowest BCUT2D eigenvalue weighted by atomic mass is 10.1. The Balaban J connectivity index is 2.14. The van der Waals surface area contributed by atoms with Gasteiger partial charge in [0.05, 0.1) is 7.11 Å². The van der Waals surface area contributed by atoms with Gasteiger partial charge in [-0.1, -0.05) is 0 Å². The van der Waals surface area contributed by atoms with E-state index in [4.69, 9.17) is 10.5 Å². The van der Waals surface area contributed by atoms with Crippen LogP contribution >= 0.6 is 0 Å². The highest BCUT2D eigenvalue weighted by Crippen LogP contribution is 2.30. The summed E-state index contributed by atoms with van der Waals surface area (Å²) < 4.78 is 5.18. The molecule has 1 unspecified atom stereocenters. The molecule has 0 amide bonds. The van der Waals surface area contributed by atoms with Crippen molar-refractivity contribution >= 4 is 5.69 Å². The zero-order valence-corrected chi connectivity index (χ0v) is 8.42. The molecule has 0 spiro atoms. The van der Waals surface area contributed by atoms with Gasteiger partial charge in [-0.2, -0.15) is 0 Å². The molecule has 0 saturated carbocycles. The number of methoxy groups -OCH3 is 1. The van der Waals surface area contributed by atoms with E-state index in [0.29, 0.717) is 6.04 Å². The molecule has 14 heavy (non-hydrogen) atoms. The summed E-state index contributed by atoms with van der Waals surface area (Å²) in [6, 6.07) is 6.65. The molecule has 1 aromatic rings. The molecule has 1 aromatic carbocycles. The Morgan fingerprint density at radius 1 is 1.57 bits per heavy atom. The van der Waals surface area contributed by atoms with E-state index in [9.17, 15) is 0 Å². The second kappa shape index (κ2) is 3.88. The average molecular weight is 192 g/mol. The van der Waals surface area contributed by atoms with Crippen molar-refractivity contribution < 1.29 is 4.74 Å². The Kier molecular flexibility index (Phi) is 2.59. The third kappa shape index (κ3) is 1.68. The fourth-order valence-electron chi connectivity index (χ4n) is 1.92. The smallest absolute Gasteiger partial charge is 0.119 e. The monoisotopic (exact) mass is 192 g/mol. The summed E-state index contributed by atoms with van der Waals surface area (Å²) in [6.07, 6.45) is 2.08. The molecule has 1 atom stereocenters. The van der Waals surface area contributed by atoms with Crippen molar-refractivity contribution in [3.05, 3.63) is 23.8 Å². The van der Waals surface area contributed by atoms with E-state index in [1.807, 2.05) is 6.07 Å². The summed E-state index contributed by atoms with van der Waals surface area (Å²) >= 11 is 0. The summed E-state index contributed by atoms with van der Waals surface area (Å²) in [6.45, 7) is 0.739. The number of benzene rings is 1. The van der Waals surface area contributed by atoms with Gasteiger partial charge in [-0.3, -0.25) is 0 Å². The van der Waals surface area contributed by atoms with Gasteiger partial charge in [0.25, 0.3) is 0 Å². The summed E-state index contributed by atoms with van der Waals surface area (Å²) in [5, 5.41) is 3.45. The molecule has 0 aliphatic carbocycles. The molecule has 3 heteroatoms. The first-order valence-electron chi connectivity index (χ1n) is 4.97. The van der Waals surface area contributed by atoms with Gasteiger partial charge in [-0.25, -0.2) is 0 Å². The Labute approximate surface area is 84.3 Å². The summed E-state index contributed by atoms with van der Waals surface area (Å²) in [4.78, 5) is 0. The number of rotatable bonds is 3. The standard InChI is InChI=1S/C11H16N2O/c1-14-10-2-3-11-8(7-10)6-9(13-11)4-5-12/h2-3,7,9,13H,4-6,12H2,1H3. The zero-order valence-electron chi connectivity index (χ0n) is 8.42. The Morgan fingerprint density at radius 3 is 3.14 bits per heavy atom. The van der Waals surface area contributed by atoms with Crippen molar-refractivity contribution in [3.63, 3.8) is 0 Å². The fraction of sp³-hybridized carbons (Fsp3) is 0.455. The lowest BCUT2D eigenvalue weighted by molar-refractivity contribution is 0.414. The van der Waals surface area contributed by atoms with E-state index in [1.165, 1.54) is 11.3 Å².